The normalized spacial score (nSPS) is 11.8. The molecule has 2 amide bonds. The minimum absolute atomic E-state index is 0. The Morgan fingerprint density at radius 3 is 1.06 bits per heavy atom. The molecule has 0 saturated carbocycles. The molecule has 1 aliphatic rings. The molecule has 9 heteroatoms. The summed E-state index contributed by atoms with van der Waals surface area (Å²) < 4.78 is 39.0. The molecule has 106 valence electrons. The Morgan fingerprint density at radius 2 is 1.00 bits per heavy atom. The Bertz CT molecular complexity index is 182. The van der Waals surface area contributed by atoms with Crippen LogP contribution in [0.25, 0.3) is 5.32 Å². The van der Waals surface area contributed by atoms with Crippen LogP contribution in [0.5, 0.6) is 0 Å². The van der Waals surface area contributed by atoms with E-state index in [1.54, 1.807) is 0 Å². The molecule has 1 heterocycles. The summed E-state index contributed by atoms with van der Waals surface area (Å²) in [6.45, 7) is 0. The van der Waals surface area contributed by atoms with Crippen LogP contribution in [0.2, 0.25) is 0 Å². The third-order valence-electron chi connectivity index (χ3n) is 0.802. The van der Waals surface area contributed by atoms with Crippen LogP contribution in [0, 0.1) is 60.8 Å². The van der Waals surface area contributed by atoms with E-state index >= 15 is 0 Å². The predicted molar refractivity (Wildman–Crippen MR) is 58.4 cm³/mol. The molecule has 0 unspecified atom stereocenters. The summed E-state index contributed by atoms with van der Waals surface area (Å²) >= 11 is 0. The second-order valence-corrected chi connectivity index (χ2v) is 1.89. The number of hydrogen-bond donors (Lipinski definition) is 0. The van der Waals surface area contributed by atoms with Gasteiger partial charge in [-0.15, -0.1) is 0 Å². The summed E-state index contributed by atoms with van der Waals surface area (Å²) in [5.41, 5.74) is 0. The van der Waals surface area contributed by atoms with E-state index in [0.29, 0.717) is 12.8 Å². The largest absolute Gasteiger partial charge is 0.673 e. The monoisotopic (exact) mass is 483 g/mol. The molecular formula is C8H16BF4NO2U-6. The molecule has 0 radical (unpaired) electrons. The molecule has 1 rings (SSSR count). The predicted octanol–water partition coefficient (Wildman–Crippen LogP) is 3.31. The molecule has 3 nitrogen and oxygen atoms in total. The maximum atomic E-state index is 10.1. The molecule has 0 aromatic carbocycles. The van der Waals surface area contributed by atoms with Gasteiger partial charge in [-0.1, -0.05) is 0 Å². The van der Waals surface area contributed by atoms with Crippen LogP contribution in [0.3, 0.4) is 0 Å². The third kappa shape index (κ3) is 38.7. The standard InChI is InChI=1S/C4H5NO2.4CH3.BF4.U/c6-3-1-2-4(7)5-3;;;;;2-1(3,4)5;/h1-2H2,(H,5,6,7);4*1H3;;/q;5*-1;/p-1. The van der Waals surface area contributed by atoms with Crippen LogP contribution in [0.1, 0.15) is 12.8 Å². The number of rotatable bonds is 0. The number of imide groups is 1. The van der Waals surface area contributed by atoms with Gasteiger partial charge in [0, 0.05) is 31.1 Å². The van der Waals surface area contributed by atoms with Gasteiger partial charge in [0.2, 0.25) is 0 Å². The van der Waals surface area contributed by atoms with Crippen LogP contribution in [-0.2, 0) is 9.59 Å². The van der Waals surface area contributed by atoms with Crippen LogP contribution >= 0.6 is 0 Å². The number of carbonyl (C=O) groups excluding carboxylic acids is 2. The molecule has 0 spiro atoms. The van der Waals surface area contributed by atoms with Gasteiger partial charge in [-0.05, 0) is 12.8 Å². The van der Waals surface area contributed by atoms with Crippen LogP contribution in [0.4, 0.5) is 17.3 Å². The molecule has 0 aromatic rings. The van der Waals surface area contributed by atoms with Crippen molar-refractivity contribution in [2.45, 2.75) is 12.8 Å². The maximum Gasteiger partial charge on any atom is 0.673 e. The van der Waals surface area contributed by atoms with E-state index in [1.807, 2.05) is 0 Å². The molecule has 1 aliphatic heterocycles. The summed E-state index contributed by atoms with van der Waals surface area (Å²) in [7, 11) is -6.00. The second-order valence-electron chi connectivity index (χ2n) is 1.89. The Balaban J connectivity index is -0.0000000284. The molecule has 0 bridgehead atoms. The van der Waals surface area contributed by atoms with Crippen molar-refractivity contribution in [3.8, 4) is 0 Å². The van der Waals surface area contributed by atoms with E-state index in [-0.39, 0.29) is 72.6 Å². The summed E-state index contributed by atoms with van der Waals surface area (Å²) in [5.74, 6) is -0.546. The molecule has 0 N–H and O–H groups in total. The smallest absolute Gasteiger partial charge is 0.596 e. The van der Waals surface area contributed by atoms with Crippen LogP contribution < -0.4 is 0 Å². The Morgan fingerprint density at radius 1 is 0.824 bits per heavy atom. The van der Waals surface area contributed by atoms with Gasteiger partial charge in [0.25, 0.3) is 0 Å². The molecule has 17 heavy (non-hydrogen) atoms. The van der Waals surface area contributed by atoms with E-state index < -0.39 is 7.25 Å². The molecule has 1 fully saturated rings. The fourth-order valence-electron chi connectivity index (χ4n) is 0.465. The van der Waals surface area contributed by atoms with E-state index in [4.69, 9.17) is 0 Å². The molecule has 1 saturated heterocycles. The van der Waals surface area contributed by atoms with Gasteiger partial charge in [0.1, 0.15) is 0 Å². The van der Waals surface area contributed by atoms with Crippen LogP contribution in [-0.4, -0.2) is 19.1 Å². The number of nitrogens with zero attached hydrogens (tertiary/aromatic N) is 1. The van der Waals surface area contributed by atoms with Gasteiger partial charge < -0.3 is 61.9 Å². The fraction of sp³-hybridized carbons (Fsp3) is 0.250. The quantitative estimate of drug-likeness (QED) is 0.230. The van der Waals surface area contributed by atoms with Crippen molar-refractivity contribution in [3.63, 3.8) is 0 Å². The van der Waals surface area contributed by atoms with Crippen molar-refractivity contribution < 1.29 is 58.0 Å². The first-order chi connectivity index (χ1) is 5.29. The number of amides is 2. The van der Waals surface area contributed by atoms with Crippen molar-refractivity contribution in [3.05, 3.63) is 35.0 Å². The molecule has 0 aromatic heterocycles. The molecule has 0 aliphatic carbocycles. The Labute approximate surface area is 125 Å². The second kappa shape index (κ2) is 16.0. The molecule has 0 atom stereocenters. The van der Waals surface area contributed by atoms with E-state index in [9.17, 15) is 26.9 Å². The van der Waals surface area contributed by atoms with Gasteiger partial charge in [-0.3, -0.25) is 0 Å². The summed E-state index contributed by atoms with van der Waals surface area (Å²) in [5, 5.41) is 3.11. The zero-order valence-electron chi connectivity index (χ0n) is 10.3. The Kier molecular flexibility index (Phi) is 33.8. The molecular weight excluding hydrogens is 467 g/mol. The first kappa shape index (κ1) is 36.0. The summed E-state index contributed by atoms with van der Waals surface area (Å²) in [6.07, 6.45) is 0.637. The fourth-order valence-corrected chi connectivity index (χ4v) is 0.465. The zero-order valence-corrected chi connectivity index (χ0v) is 14.4. The maximum absolute atomic E-state index is 10.1. The van der Waals surface area contributed by atoms with Crippen molar-refractivity contribution in [2.75, 3.05) is 0 Å². The van der Waals surface area contributed by atoms with Gasteiger partial charge in [0.05, 0.1) is 11.8 Å². The number of carbonyl (C=O) groups is 2. The first-order valence-corrected chi connectivity index (χ1v) is 2.94. The van der Waals surface area contributed by atoms with Gasteiger partial charge in [-0.2, -0.15) is 0 Å². The van der Waals surface area contributed by atoms with Gasteiger partial charge in [-0.25, -0.2) is 0 Å². The zero-order chi connectivity index (χ0) is 9.78. The Hall–Kier alpha value is -0.0231. The minimum atomic E-state index is -6.00. The van der Waals surface area contributed by atoms with E-state index in [0.717, 1.165) is 0 Å². The third-order valence-corrected chi connectivity index (χ3v) is 0.802. The average molecular weight is 483 g/mol. The number of halogens is 4. The van der Waals surface area contributed by atoms with Crippen molar-refractivity contribution in [1.29, 1.82) is 0 Å². The van der Waals surface area contributed by atoms with Crippen molar-refractivity contribution >= 4 is 19.1 Å². The van der Waals surface area contributed by atoms with E-state index in [1.165, 1.54) is 0 Å². The van der Waals surface area contributed by atoms with Gasteiger partial charge >= 0.3 is 7.25 Å². The first-order valence-electron chi connectivity index (χ1n) is 2.94. The average Bonchev–Trinajstić information content (AvgIpc) is 2.09. The topological polar surface area (TPSA) is 48.2 Å². The van der Waals surface area contributed by atoms with Crippen LogP contribution in [0.15, 0.2) is 0 Å². The van der Waals surface area contributed by atoms with Crippen molar-refractivity contribution in [1.82, 2.24) is 0 Å². The SMILES string of the molecule is F[B-](F)(F)F.O=C1CCC(=O)[N-]1.[CH3-].[CH3-].[CH3-].[CH3-].[U]. The summed E-state index contributed by atoms with van der Waals surface area (Å²) in [6, 6.07) is 0. The van der Waals surface area contributed by atoms with Gasteiger partial charge in [0.15, 0.2) is 0 Å². The van der Waals surface area contributed by atoms with E-state index in [2.05, 4.69) is 5.32 Å². The summed E-state index contributed by atoms with van der Waals surface area (Å²) in [4.78, 5) is 20.1. The minimum Gasteiger partial charge on any atom is -0.596 e. The number of hydrogen-bond acceptors (Lipinski definition) is 2. The van der Waals surface area contributed by atoms with Crippen molar-refractivity contribution in [2.24, 2.45) is 0 Å².